The molecular formula is C22H24N4O4. The third kappa shape index (κ3) is 4.34. The summed E-state index contributed by atoms with van der Waals surface area (Å²) in [5.41, 5.74) is 1.52. The zero-order chi connectivity index (χ0) is 21.1. The molecule has 0 aliphatic carbocycles. The van der Waals surface area contributed by atoms with E-state index in [2.05, 4.69) is 15.3 Å². The van der Waals surface area contributed by atoms with Gasteiger partial charge in [-0.25, -0.2) is 4.98 Å². The molecule has 1 fully saturated rings. The number of aliphatic hydroxyl groups is 1. The summed E-state index contributed by atoms with van der Waals surface area (Å²) in [5, 5.41) is 13.0. The minimum atomic E-state index is -0.370. The van der Waals surface area contributed by atoms with E-state index in [1.54, 1.807) is 36.4 Å². The van der Waals surface area contributed by atoms with Crippen LogP contribution in [0.2, 0.25) is 0 Å². The largest absolute Gasteiger partial charge is 0.493 e. The summed E-state index contributed by atoms with van der Waals surface area (Å²) in [4.78, 5) is 34.2. The van der Waals surface area contributed by atoms with E-state index in [9.17, 15) is 14.7 Å². The van der Waals surface area contributed by atoms with E-state index in [0.29, 0.717) is 59.8 Å². The van der Waals surface area contributed by atoms with Gasteiger partial charge in [0, 0.05) is 18.8 Å². The van der Waals surface area contributed by atoms with Crippen LogP contribution in [0.15, 0.2) is 47.3 Å². The second kappa shape index (κ2) is 8.64. The fraction of sp³-hybridized carbons (Fsp3) is 0.318. The average Bonchev–Trinajstić information content (AvgIpc) is 3.13. The number of hydrogen-bond donors (Lipinski definition) is 3. The summed E-state index contributed by atoms with van der Waals surface area (Å²) < 4.78 is 5.71. The van der Waals surface area contributed by atoms with Crippen LogP contribution in [0.25, 0.3) is 22.3 Å². The van der Waals surface area contributed by atoms with Crippen LogP contribution in [-0.4, -0.2) is 58.2 Å². The van der Waals surface area contributed by atoms with E-state index in [1.807, 2.05) is 17.9 Å². The van der Waals surface area contributed by atoms with Crippen molar-refractivity contribution in [3.05, 3.63) is 52.8 Å². The molecule has 8 nitrogen and oxygen atoms in total. The number of carbonyl (C=O) groups is 1. The number of aliphatic hydroxyl groups excluding tert-OH is 1. The highest BCUT2D eigenvalue weighted by Crippen LogP contribution is 2.31. The summed E-state index contributed by atoms with van der Waals surface area (Å²) in [6.07, 6.45) is 0.312. The summed E-state index contributed by atoms with van der Waals surface area (Å²) in [6, 6.07) is 12.4. The molecule has 156 valence electrons. The number of ether oxygens (including phenoxy) is 1. The molecule has 2 aromatic carbocycles. The Hall–Kier alpha value is -3.23. The second-order valence-electron chi connectivity index (χ2n) is 7.30. The topological polar surface area (TPSA) is 108 Å². The van der Waals surface area contributed by atoms with Gasteiger partial charge in [-0.05, 0) is 43.7 Å². The van der Waals surface area contributed by atoms with Gasteiger partial charge >= 0.3 is 0 Å². The Bertz CT molecular complexity index is 1130. The fourth-order valence-electron chi connectivity index (χ4n) is 3.65. The molecule has 2 heterocycles. The predicted octanol–water partition coefficient (Wildman–Crippen LogP) is 1.99. The van der Waals surface area contributed by atoms with Gasteiger partial charge in [0.2, 0.25) is 5.91 Å². The van der Waals surface area contributed by atoms with Crippen LogP contribution in [0.3, 0.4) is 0 Å². The van der Waals surface area contributed by atoms with Crippen molar-refractivity contribution in [2.75, 3.05) is 31.6 Å². The van der Waals surface area contributed by atoms with Crippen LogP contribution in [0.1, 0.15) is 13.3 Å². The number of aromatic amines is 1. The van der Waals surface area contributed by atoms with E-state index in [1.165, 1.54) is 0 Å². The normalized spacial score (nSPS) is 16.7. The number of likely N-dealkylation sites (tertiary alicyclic amines) is 1. The molecule has 8 heteroatoms. The molecular weight excluding hydrogens is 384 g/mol. The second-order valence-corrected chi connectivity index (χ2v) is 7.30. The highest BCUT2D eigenvalue weighted by molar-refractivity contribution is 5.93. The van der Waals surface area contributed by atoms with Crippen LogP contribution in [0.5, 0.6) is 5.75 Å². The quantitative estimate of drug-likeness (QED) is 0.576. The fourth-order valence-corrected chi connectivity index (χ4v) is 3.65. The summed E-state index contributed by atoms with van der Waals surface area (Å²) in [7, 11) is 0. The molecule has 30 heavy (non-hydrogen) atoms. The van der Waals surface area contributed by atoms with Crippen molar-refractivity contribution < 1.29 is 14.6 Å². The Morgan fingerprint density at radius 2 is 2.17 bits per heavy atom. The third-order valence-corrected chi connectivity index (χ3v) is 5.05. The van der Waals surface area contributed by atoms with Crippen LogP contribution in [0.4, 0.5) is 5.69 Å². The van der Waals surface area contributed by atoms with Crippen molar-refractivity contribution in [3.8, 4) is 17.1 Å². The number of H-pyrrole nitrogens is 1. The number of para-hydroxylation sites is 1. The van der Waals surface area contributed by atoms with Crippen LogP contribution in [-0.2, 0) is 4.79 Å². The summed E-state index contributed by atoms with van der Waals surface area (Å²) in [6.45, 7) is 3.74. The smallest absolute Gasteiger partial charge is 0.259 e. The lowest BCUT2D eigenvalue weighted by atomic mass is 10.1. The zero-order valence-corrected chi connectivity index (χ0v) is 16.7. The molecule has 1 aliphatic heterocycles. The SMILES string of the molecule is CCOc1ccc(NC(=O)CN2CCC(O)C2)cc1-c1nc2ccccc2c(=O)[nH]1. The molecule has 1 atom stereocenters. The molecule has 1 saturated heterocycles. The monoisotopic (exact) mass is 408 g/mol. The predicted molar refractivity (Wildman–Crippen MR) is 115 cm³/mol. The minimum Gasteiger partial charge on any atom is -0.493 e. The molecule has 1 unspecified atom stereocenters. The van der Waals surface area contributed by atoms with E-state index >= 15 is 0 Å². The number of hydrogen-bond acceptors (Lipinski definition) is 6. The Balaban J connectivity index is 1.63. The van der Waals surface area contributed by atoms with Crippen molar-refractivity contribution in [2.24, 2.45) is 0 Å². The number of fused-ring (bicyclic) bond motifs is 1. The van der Waals surface area contributed by atoms with Gasteiger partial charge in [0.15, 0.2) is 0 Å². The first kappa shape index (κ1) is 20.1. The third-order valence-electron chi connectivity index (χ3n) is 5.05. The first-order valence-corrected chi connectivity index (χ1v) is 10.00. The number of β-amino-alcohol motifs (C(OH)–C–C–N with tert-alkyl or cyclic N) is 1. The standard InChI is InChI=1S/C22H24N4O4/c1-2-30-19-8-7-14(23-20(28)13-26-10-9-15(27)12-26)11-17(19)21-24-18-6-4-3-5-16(18)22(29)25-21/h3-8,11,15,27H,2,9-10,12-13H2,1H3,(H,23,28)(H,24,25,29). The Morgan fingerprint density at radius 3 is 2.93 bits per heavy atom. The van der Waals surface area contributed by atoms with Crippen LogP contribution in [0, 0.1) is 0 Å². The number of amides is 1. The molecule has 0 spiro atoms. The Labute approximate surface area is 173 Å². The molecule has 1 aliphatic rings. The Morgan fingerprint density at radius 1 is 1.33 bits per heavy atom. The number of carbonyl (C=O) groups excluding carboxylic acids is 1. The number of anilines is 1. The van der Waals surface area contributed by atoms with Crippen molar-refractivity contribution in [1.82, 2.24) is 14.9 Å². The van der Waals surface area contributed by atoms with Crippen LogP contribution >= 0.6 is 0 Å². The lowest BCUT2D eigenvalue weighted by molar-refractivity contribution is -0.117. The van der Waals surface area contributed by atoms with Gasteiger partial charge in [-0.1, -0.05) is 12.1 Å². The first-order valence-electron chi connectivity index (χ1n) is 10.00. The van der Waals surface area contributed by atoms with Gasteiger partial charge in [0.1, 0.15) is 11.6 Å². The number of aromatic nitrogens is 2. The minimum absolute atomic E-state index is 0.167. The van der Waals surface area contributed by atoms with Gasteiger partial charge in [-0.15, -0.1) is 0 Å². The van der Waals surface area contributed by atoms with Crippen molar-refractivity contribution >= 4 is 22.5 Å². The first-order chi connectivity index (χ1) is 14.5. The molecule has 3 N–H and O–H groups in total. The highest BCUT2D eigenvalue weighted by Gasteiger charge is 2.22. The zero-order valence-electron chi connectivity index (χ0n) is 16.7. The van der Waals surface area contributed by atoms with Crippen molar-refractivity contribution in [2.45, 2.75) is 19.4 Å². The van der Waals surface area contributed by atoms with Gasteiger partial charge in [-0.2, -0.15) is 0 Å². The number of nitrogens with zero attached hydrogens (tertiary/aromatic N) is 2. The molecule has 3 aromatic rings. The van der Waals surface area contributed by atoms with Gasteiger partial charge < -0.3 is 20.1 Å². The van der Waals surface area contributed by atoms with Crippen LogP contribution < -0.4 is 15.6 Å². The molecule has 4 rings (SSSR count). The molecule has 0 radical (unpaired) electrons. The Kier molecular flexibility index (Phi) is 5.78. The highest BCUT2D eigenvalue weighted by atomic mass is 16.5. The molecule has 1 amide bonds. The molecule has 0 saturated carbocycles. The molecule has 1 aromatic heterocycles. The maximum atomic E-state index is 12.5. The lowest BCUT2D eigenvalue weighted by Crippen LogP contribution is -2.32. The van der Waals surface area contributed by atoms with E-state index < -0.39 is 0 Å². The average molecular weight is 408 g/mol. The number of nitrogens with one attached hydrogen (secondary N) is 2. The van der Waals surface area contributed by atoms with Gasteiger partial charge in [0.25, 0.3) is 5.56 Å². The van der Waals surface area contributed by atoms with Gasteiger partial charge in [0.05, 0.1) is 35.7 Å². The van der Waals surface area contributed by atoms with Crippen molar-refractivity contribution in [3.63, 3.8) is 0 Å². The van der Waals surface area contributed by atoms with Crippen molar-refractivity contribution in [1.29, 1.82) is 0 Å². The maximum Gasteiger partial charge on any atom is 0.259 e. The van der Waals surface area contributed by atoms with E-state index in [4.69, 9.17) is 4.74 Å². The van der Waals surface area contributed by atoms with E-state index in [0.717, 1.165) is 0 Å². The van der Waals surface area contributed by atoms with Gasteiger partial charge in [-0.3, -0.25) is 14.5 Å². The maximum absolute atomic E-state index is 12.5. The molecule has 0 bridgehead atoms. The van der Waals surface area contributed by atoms with E-state index in [-0.39, 0.29) is 24.1 Å². The number of rotatable bonds is 6. The summed E-state index contributed by atoms with van der Waals surface area (Å²) in [5.74, 6) is 0.775. The lowest BCUT2D eigenvalue weighted by Gasteiger charge is -2.16. The summed E-state index contributed by atoms with van der Waals surface area (Å²) >= 11 is 0. The number of benzene rings is 2.